The summed E-state index contributed by atoms with van der Waals surface area (Å²) in [5.41, 5.74) is 2.40. The summed E-state index contributed by atoms with van der Waals surface area (Å²) in [6, 6.07) is 0. The minimum Gasteiger partial charge on any atom is -0.496 e. The second-order valence-electron chi connectivity index (χ2n) is 6.49. The predicted molar refractivity (Wildman–Crippen MR) is 78.7 cm³/mol. The Hall–Kier alpha value is -2.24. The Balaban J connectivity index is 1.81. The number of ether oxygens (including phenoxy) is 4. The van der Waals surface area contributed by atoms with E-state index in [0.29, 0.717) is 30.6 Å². The number of benzene rings is 1. The first kappa shape index (κ1) is 14.4. The van der Waals surface area contributed by atoms with Crippen LogP contribution < -0.4 is 9.47 Å². The maximum Gasteiger partial charge on any atom is 0.342 e. The van der Waals surface area contributed by atoms with Gasteiger partial charge in [-0.3, -0.25) is 4.79 Å². The van der Waals surface area contributed by atoms with Gasteiger partial charge in [-0.05, 0) is 19.4 Å². The van der Waals surface area contributed by atoms with E-state index in [4.69, 9.17) is 18.9 Å². The monoisotopic (exact) mass is 318 g/mol. The third-order valence-electron chi connectivity index (χ3n) is 5.13. The van der Waals surface area contributed by atoms with E-state index in [1.165, 1.54) is 0 Å². The highest BCUT2D eigenvalue weighted by Gasteiger charge is 2.49. The molecule has 0 aromatic heterocycles. The summed E-state index contributed by atoms with van der Waals surface area (Å²) >= 11 is 0. The fraction of sp³-hybridized carbons (Fsp3) is 0.529. The number of carbonyl (C=O) groups excluding carboxylic acids is 2. The number of carbonyl (C=O) groups is 2. The summed E-state index contributed by atoms with van der Waals surface area (Å²) in [6.45, 7) is 4.04. The molecule has 2 atom stereocenters. The molecule has 0 amide bonds. The Morgan fingerprint density at radius 3 is 2.70 bits per heavy atom. The highest BCUT2D eigenvalue weighted by Crippen LogP contribution is 2.49. The first-order valence-corrected chi connectivity index (χ1v) is 7.72. The zero-order chi connectivity index (χ0) is 16.4. The Kier molecular flexibility index (Phi) is 2.89. The van der Waals surface area contributed by atoms with Gasteiger partial charge in [0.15, 0.2) is 0 Å². The van der Waals surface area contributed by atoms with Crippen molar-refractivity contribution in [2.75, 3.05) is 7.11 Å². The van der Waals surface area contributed by atoms with Gasteiger partial charge in [-0.1, -0.05) is 0 Å². The van der Waals surface area contributed by atoms with E-state index in [9.17, 15) is 9.59 Å². The first-order valence-electron chi connectivity index (χ1n) is 7.72. The zero-order valence-corrected chi connectivity index (χ0v) is 13.4. The molecule has 6 nitrogen and oxygen atoms in total. The average Bonchev–Trinajstić information content (AvgIpc) is 3.18. The van der Waals surface area contributed by atoms with Crippen molar-refractivity contribution >= 4 is 11.9 Å². The number of hydrogen-bond donors (Lipinski definition) is 0. The molecule has 0 saturated carbocycles. The Morgan fingerprint density at radius 2 is 2.04 bits per heavy atom. The van der Waals surface area contributed by atoms with Gasteiger partial charge in [-0.2, -0.15) is 0 Å². The molecular weight excluding hydrogens is 300 g/mol. The zero-order valence-electron chi connectivity index (χ0n) is 13.4. The molecule has 23 heavy (non-hydrogen) atoms. The van der Waals surface area contributed by atoms with Crippen LogP contribution in [0.15, 0.2) is 0 Å². The molecule has 0 unspecified atom stereocenters. The summed E-state index contributed by atoms with van der Waals surface area (Å²) in [6.07, 6.45) is 1.22. The van der Waals surface area contributed by atoms with Crippen LogP contribution in [0.5, 0.6) is 11.5 Å². The van der Waals surface area contributed by atoms with Gasteiger partial charge < -0.3 is 18.9 Å². The molecule has 0 aliphatic carbocycles. The Morgan fingerprint density at radius 1 is 1.26 bits per heavy atom. The van der Waals surface area contributed by atoms with Crippen molar-refractivity contribution in [3.63, 3.8) is 0 Å². The topological polar surface area (TPSA) is 71.1 Å². The number of methoxy groups -OCH3 is 1. The maximum atomic E-state index is 12.1. The van der Waals surface area contributed by atoms with Crippen molar-refractivity contribution in [1.29, 1.82) is 0 Å². The Labute approximate surface area is 133 Å². The van der Waals surface area contributed by atoms with Crippen LogP contribution in [0.1, 0.15) is 46.8 Å². The van der Waals surface area contributed by atoms with Crippen molar-refractivity contribution in [1.82, 2.24) is 0 Å². The van der Waals surface area contributed by atoms with Crippen LogP contribution in [0.2, 0.25) is 0 Å². The molecule has 6 heteroatoms. The molecule has 4 rings (SSSR count). The molecule has 1 fully saturated rings. The number of esters is 2. The quantitative estimate of drug-likeness (QED) is 0.778. The number of hydrogen-bond acceptors (Lipinski definition) is 6. The molecule has 0 bridgehead atoms. The number of fused-ring (bicyclic) bond motifs is 3. The lowest BCUT2D eigenvalue weighted by atomic mass is 9.90. The number of cyclic esters (lactones) is 2. The van der Waals surface area contributed by atoms with E-state index in [2.05, 4.69) is 0 Å². The van der Waals surface area contributed by atoms with E-state index >= 15 is 0 Å². The van der Waals surface area contributed by atoms with Gasteiger partial charge in [-0.15, -0.1) is 0 Å². The van der Waals surface area contributed by atoms with Gasteiger partial charge in [0.05, 0.1) is 7.11 Å². The van der Waals surface area contributed by atoms with Crippen LogP contribution >= 0.6 is 0 Å². The summed E-state index contributed by atoms with van der Waals surface area (Å²) < 4.78 is 22.3. The normalized spacial score (nSPS) is 28.0. The van der Waals surface area contributed by atoms with Crippen LogP contribution in [0.3, 0.4) is 0 Å². The van der Waals surface area contributed by atoms with E-state index in [1.807, 2.05) is 13.8 Å². The van der Waals surface area contributed by atoms with Gasteiger partial charge in [0.1, 0.15) is 35.4 Å². The standard InChI is InChI=1S/C17H18O6/c1-8-10-7-21-16(19)13(10)15-9(14(8)20-3)6-11(22-15)17(2)5-4-12(18)23-17/h11H,4-7H2,1-3H3/t11-,17-/m0/s1. The lowest BCUT2D eigenvalue weighted by Gasteiger charge is -2.28. The van der Waals surface area contributed by atoms with Crippen molar-refractivity contribution in [2.45, 2.75) is 51.4 Å². The molecule has 3 heterocycles. The molecule has 0 spiro atoms. The van der Waals surface area contributed by atoms with Crippen molar-refractivity contribution in [2.24, 2.45) is 0 Å². The predicted octanol–water partition coefficient (Wildman–Crippen LogP) is 2.07. The molecule has 3 aliphatic heterocycles. The average molecular weight is 318 g/mol. The minimum absolute atomic E-state index is 0.208. The van der Waals surface area contributed by atoms with Crippen LogP contribution in [0.25, 0.3) is 0 Å². The molecule has 122 valence electrons. The molecule has 0 radical (unpaired) electrons. The molecule has 0 N–H and O–H groups in total. The summed E-state index contributed by atoms with van der Waals surface area (Å²) in [7, 11) is 1.61. The largest absolute Gasteiger partial charge is 0.496 e. The van der Waals surface area contributed by atoms with Gasteiger partial charge in [0, 0.05) is 30.4 Å². The second-order valence-corrected chi connectivity index (χ2v) is 6.49. The van der Waals surface area contributed by atoms with Gasteiger partial charge in [0.25, 0.3) is 0 Å². The fourth-order valence-corrected chi connectivity index (χ4v) is 3.79. The molecule has 1 aromatic rings. The maximum absolute atomic E-state index is 12.1. The van der Waals surface area contributed by atoms with Crippen LogP contribution in [-0.4, -0.2) is 30.8 Å². The molecule has 1 saturated heterocycles. The fourth-order valence-electron chi connectivity index (χ4n) is 3.79. The molecule has 1 aromatic carbocycles. The van der Waals surface area contributed by atoms with Crippen molar-refractivity contribution in [3.05, 3.63) is 22.3 Å². The number of rotatable bonds is 2. The second kappa shape index (κ2) is 4.63. The van der Waals surface area contributed by atoms with Crippen molar-refractivity contribution < 1.29 is 28.5 Å². The van der Waals surface area contributed by atoms with Crippen LogP contribution in [-0.2, 0) is 27.3 Å². The van der Waals surface area contributed by atoms with Gasteiger partial charge >= 0.3 is 11.9 Å². The summed E-state index contributed by atoms with van der Waals surface area (Å²) in [5.74, 6) is 0.683. The van der Waals surface area contributed by atoms with Gasteiger partial charge in [-0.25, -0.2) is 4.79 Å². The highest BCUT2D eigenvalue weighted by atomic mass is 16.6. The lowest BCUT2D eigenvalue weighted by molar-refractivity contribution is -0.153. The SMILES string of the molecule is COc1c(C)c2c(c3c1C[C@@H]([C@]1(C)CCC(=O)O1)O3)C(=O)OC2. The third kappa shape index (κ3) is 1.87. The van der Waals surface area contributed by atoms with E-state index in [1.54, 1.807) is 7.11 Å². The summed E-state index contributed by atoms with van der Waals surface area (Å²) in [5, 5.41) is 0. The smallest absolute Gasteiger partial charge is 0.342 e. The Bertz CT molecular complexity index is 737. The van der Waals surface area contributed by atoms with Crippen LogP contribution in [0, 0.1) is 6.92 Å². The first-order chi connectivity index (χ1) is 10.9. The summed E-state index contributed by atoms with van der Waals surface area (Å²) in [4.78, 5) is 23.6. The van der Waals surface area contributed by atoms with Gasteiger partial charge in [0.2, 0.25) is 0 Å². The lowest BCUT2D eigenvalue weighted by Crippen LogP contribution is -2.42. The highest BCUT2D eigenvalue weighted by molar-refractivity contribution is 5.98. The molecule has 3 aliphatic rings. The minimum atomic E-state index is -0.676. The van der Waals surface area contributed by atoms with Crippen LogP contribution in [0.4, 0.5) is 0 Å². The third-order valence-corrected chi connectivity index (χ3v) is 5.13. The van der Waals surface area contributed by atoms with E-state index < -0.39 is 5.60 Å². The van der Waals surface area contributed by atoms with E-state index in [0.717, 1.165) is 22.4 Å². The van der Waals surface area contributed by atoms with Crippen molar-refractivity contribution in [3.8, 4) is 11.5 Å². The molecular formula is C17H18O6. The van der Waals surface area contributed by atoms with E-state index in [-0.39, 0.29) is 24.6 Å².